The highest BCUT2D eigenvalue weighted by molar-refractivity contribution is 7.87. The Kier molecular flexibility index (Phi) is 7.73. The van der Waals surface area contributed by atoms with Crippen LogP contribution in [0.5, 0.6) is 0 Å². The van der Waals surface area contributed by atoms with Gasteiger partial charge in [0.1, 0.15) is 17.9 Å². The van der Waals surface area contributed by atoms with Crippen LogP contribution < -0.4 is 15.4 Å². The van der Waals surface area contributed by atoms with E-state index in [1.165, 1.54) is 19.2 Å². The van der Waals surface area contributed by atoms with Gasteiger partial charge in [-0.05, 0) is 49.3 Å². The van der Waals surface area contributed by atoms with Gasteiger partial charge in [0.2, 0.25) is 11.8 Å². The molecule has 9 nitrogen and oxygen atoms in total. The van der Waals surface area contributed by atoms with Crippen molar-refractivity contribution in [3.8, 4) is 0 Å². The molecule has 36 heavy (non-hydrogen) atoms. The largest absolute Gasteiger partial charge is 0.350 e. The van der Waals surface area contributed by atoms with Gasteiger partial charge < -0.3 is 10.6 Å². The molecule has 4 rings (SSSR count). The van der Waals surface area contributed by atoms with Crippen molar-refractivity contribution in [2.24, 2.45) is 5.41 Å². The van der Waals surface area contributed by atoms with E-state index in [1.807, 2.05) is 0 Å². The van der Waals surface area contributed by atoms with Crippen molar-refractivity contribution in [1.82, 2.24) is 19.3 Å². The van der Waals surface area contributed by atoms with E-state index in [9.17, 15) is 22.4 Å². The fourth-order valence-corrected chi connectivity index (χ4v) is 7.04. The van der Waals surface area contributed by atoms with Crippen LogP contribution in [-0.4, -0.2) is 48.7 Å². The van der Waals surface area contributed by atoms with Crippen molar-refractivity contribution in [3.63, 3.8) is 0 Å². The first kappa shape index (κ1) is 26.9. The van der Waals surface area contributed by atoms with Crippen LogP contribution in [0.25, 0.3) is 0 Å². The fourth-order valence-electron chi connectivity index (χ4n) is 4.62. The predicted octanol–water partition coefficient (Wildman–Crippen LogP) is 3.39. The molecule has 0 spiro atoms. The van der Waals surface area contributed by atoms with E-state index in [1.54, 1.807) is 17.5 Å². The maximum absolute atomic E-state index is 13.4. The van der Waals surface area contributed by atoms with Crippen LogP contribution >= 0.6 is 22.9 Å². The first-order valence-electron chi connectivity index (χ1n) is 11.6. The number of carbonyl (C=O) groups excluding carboxylic acids is 2. The molecule has 2 aliphatic rings. The van der Waals surface area contributed by atoms with Gasteiger partial charge in [0, 0.05) is 29.7 Å². The van der Waals surface area contributed by atoms with Gasteiger partial charge in [0.15, 0.2) is 0 Å². The number of nitrogens with zero attached hydrogens (tertiary/aromatic N) is 2. The highest BCUT2D eigenvalue weighted by atomic mass is 35.5. The van der Waals surface area contributed by atoms with E-state index in [0.29, 0.717) is 11.3 Å². The molecule has 2 amide bonds. The molecular formula is C23H29ClFN5O4S2. The normalized spacial score (nSPS) is 25.4. The Morgan fingerprint density at radius 1 is 1.33 bits per heavy atom. The maximum atomic E-state index is 13.4. The smallest absolute Gasteiger partial charge is 0.280 e. The SMILES string of the molecule is CN1C(C(=O)Nc2ccc(F)c(Cl)c2)CC(C(=O)NCc2cnc(C3CCC(C)(C)C3)s2)NS1(=O)=O. The lowest BCUT2D eigenvalue weighted by molar-refractivity contribution is -0.124. The molecule has 2 heterocycles. The Balaban J connectivity index is 1.38. The average Bonchev–Trinajstić information content (AvgIpc) is 3.42. The molecule has 3 atom stereocenters. The molecular weight excluding hydrogens is 529 g/mol. The summed E-state index contributed by atoms with van der Waals surface area (Å²) in [7, 11) is -2.84. The van der Waals surface area contributed by atoms with Crippen LogP contribution in [0.4, 0.5) is 10.1 Å². The van der Waals surface area contributed by atoms with Crippen LogP contribution in [0.1, 0.15) is 55.3 Å². The lowest BCUT2D eigenvalue weighted by Gasteiger charge is -2.35. The summed E-state index contributed by atoms with van der Waals surface area (Å²) in [5.41, 5.74) is 0.519. The number of carbonyl (C=O) groups is 2. The standard InChI is InChI=1S/C23H29ClFN5O4S2/c1-23(2)7-6-13(10-23)22-27-12-15(35-22)11-26-20(31)18-9-19(30(3)36(33,34)29-18)21(32)28-14-4-5-17(25)16(24)8-14/h4-5,8,12-13,18-19,29H,6-7,9-11H2,1-3H3,(H,26,31)(H,28,32). The monoisotopic (exact) mass is 557 g/mol. The summed E-state index contributed by atoms with van der Waals surface area (Å²) < 4.78 is 41.8. The molecule has 1 aliphatic carbocycles. The number of hydrogen-bond donors (Lipinski definition) is 3. The minimum Gasteiger partial charge on any atom is -0.350 e. The van der Waals surface area contributed by atoms with E-state index < -0.39 is 39.9 Å². The summed E-state index contributed by atoms with van der Waals surface area (Å²) >= 11 is 7.31. The van der Waals surface area contributed by atoms with Crippen LogP contribution in [0, 0.1) is 11.2 Å². The van der Waals surface area contributed by atoms with Gasteiger partial charge in [-0.2, -0.15) is 17.4 Å². The van der Waals surface area contributed by atoms with Gasteiger partial charge in [0.05, 0.1) is 16.6 Å². The van der Waals surface area contributed by atoms with E-state index in [-0.39, 0.29) is 23.7 Å². The second-order valence-electron chi connectivity index (χ2n) is 10.0. The Labute approximate surface area is 219 Å². The lowest BCUT2D eigenvalue weighted by Crippen LogP contribution is -2.62. The molecule has 1 saturated heterocycles. The first-order chi connectivity index (χ1) is 16.8. The van der Waals surface area contributed by atoms with Crippen molar-refractivity contribution < 1.29 is 22.4 Å². The Morgan fingerprint density at radius 3 is 2.75 bits per heavy atom. The number of likely N-dealkylation sites (N-methyl/N-ethyl adjacent to an activating group) is 1. The van der Waals surface area contributed by atoms with Crippen molar-refractivity contribution >= 4 is 50.6 Å². The Bertz CT molecular complexity index is 1270. The molecule has 13 heteroatoms. The second-order valence-corrected chi connectivity index (χ2v) is 13.4. The number of nitrogens with one attached hydrogen (secondary N) is 3. The molecule has 0 radical (unpaired) electrons. The first-order valence-corrected chi connectivity index (χ1v) is 14.2. The van der Waals surface area contributed by atoms with Gasteiger partial charge in [-0.3, -0.25) is 9.59 Å². The quantitative estimate of drug-likeness (QED) is 0.503. The second kappa shape index (κ2) is 10.3. The molecule has 196 valence electrons. The van der Waals surface area contributed by atoms with Crippen LogP contribution in [0.2, 0.25) is 5.02 Å². The van der Waals surface area contributed by atoms with E-state index >= 15 is 0 Å². The van der Waals surface area contributed by atoms with Gasteiger partial charge in [0.25, 0.3) is 10.2 Å². The zero-order chi connectivity index (χ0) is 26.3. The number of rotatable bonds is 6. The van der Waals surface area contributed by atoms with Crippen molar-refractivity contribution in [2.75, 3.05) is 12.4 Å². The van der Waals surface area contributed by atoms with E-state index in [4.69, 9.17) is 11.6 Å². The third-order valence-electron chi connectivity index (χ3n) is 6.70. The molecule has 1 aromatic heterocycles. The van der Waals surface area contributed by atoms with Crippen LogP contribution in [0.3, 0.4) is 0 Å². The van der Waals surface area contributed by atoms with Crippen molar-refractivity contribution in [3.05, 3.63) is 45.1 Å². The summed E-state index contributed by atoms with van der Waals surface area (Å²) in [5.74, 6) is -1.42. The van der Waals surface area contributed by atoms with E-state index in [2.05, 4.69) is 34.2 Å². The number of anilines is 1. The van der Waals surface area contributed by atoms with Crippen LogP contribution in [-0.2, 0) is 26.3 Å². The number of aromatic nitrogens is 1. The van der Waals surface area contributed by atoms with Crippen molar-refractivity contribution in [1.29, 1.82) is 0 Å². The van der Waals surface area contributed by atoms with E-state index in [0.717, 1.165) is 39.5 Å². The molecule has 1 saturated carbocycles. The van der Waals surface area contributed by atoms with Crippen LogP contribution in [0.15, 0.2) is 24.4 Å². The number of benzene rings is 1. The number of halogens is 2. The summed E-state index contributed by atoms with van der Waals surface area (Å²) in [5, 5.41) is 6.17. The third kappa shape index (κ3) is 6.05. The molecule has 1 aliphatic heterocycles. The summed E-state index contributed by atoms with van der Waals surface area (Å²) in [4.78, 5) is 31.1. The predicted molar refractivity (Wildman–Crippen MR) is 136 cm³/mol. The highest BCUT2D eigenvalue weighted by Crippen LogP contribution is 2.46. The van der Waals surface area contributed by atoms with Gasteiger partial charge in [-0.25, -0.2) is 9.37 Å². The number of amides is 2. The highest BCUT2D eigenvalue weighted by Gasteiger charge is 2.42. The Morgan fingerprint density at radius 2 is 2.08 bits per heavy atom. The van der Waals surface area contributed by atoms with Gasteiger partial charge >= 0.3 is 0 Å². The topological polar surface area (TPSA) is 120 Å². The molecule has 2 aromatic rings. The summed E-state index contributed by atoms with van der Waals surface area (Å²) in [6.07, 6.45) is 4.99. The molecule has 0 bridgehead atoms. The zero-order valence-corrected chi connectivity index (χ0v) is 22.6. The lowest BCUT2D eigenvalue weighted by atomic mass is 9.91. The third-order valence-corrected chi connectivity index (χ3v) is 9.75. The molecule has 3 N–H and O–H groups in total. The molecule has 1 aromatic carbocycles. The summed E-state index contributed by atoms with van der Waals surface area (Å²) in [6.45, 7) is 4.73. The fraction of sp³-hybridized carbons (Fsp3) is 0.522. The minimum atomic E-state index is -4.09. The number of hydrogen-bond acceptors (Lipinski definition) is 6. The Hall–Kier alpha value is -2.12. The minimum absolute atomic E-state index is 0.0899. The van der Waals surface area contributed by atoms with Crippen molar-refractivity contribution in [2.45, 2.75) is 64.1 Å². The zero-order valence-electron chi connectivity index (χ0n) is 20.2. The average molecular weight is 558 g/mol. The molecule has 3 unspecified atom stereocenters. The van der Waals surface area contributed by atoms with Gasteiger partial charge in [-0.1, -0.05) is 25.4 Å². The maximum Gasteiger partial charge on any atom is 0.280 e. The van der Waals surface area contributed by atoms with Gasteiger partial charge in [-0.15, -0.1) is 11.3 Å². The summed E-state index contributed by atoms with van der Waals surface area (Å²) in [6, 6.07) is 1.34. The molecule has 2 fully saturated rings. The number of thiazole rings is 1.